The number of nitrogens with zero attached hydrogens (tertiary/aromatic N) is 1. The maximum absolute atomic E-state index is 5.20. The Balaban J connectivity index is 1.65. The number of aromatic nitrogens is 1. The SMILES string of the molecule is Cc1ccccc1C(Nc1c(C)cccc1C)c1cccc(-c2cccc3ccccc23)n1. The molecular formula is C31H28N2. The Morgan fingerprint density at radius 2 is 1.24 bits per heavy atom. The van der Waals surface area contributed by atoms with Gasteiger partial charge < -0.3 is 5.32 Å². The first-order valence-electron chi connectivity index (χ1n) is 11.4. The summed E-state index contributed by atoms with van der Waals surface area (Å²) in [5.41, 5.74) is 9.29. The van der Waals surface area contributed by atoms with E-state index in [0.29, 0.717) is 0 Å². The normalized spacial score (nSPS) is 12.0. The van der Waals surface area contributed by atoms with E-state index in [1.807, 2.05) is 0 Å². The third kappa shape index (κ3) is 4.12. The standard InChI is InChI=1S/C31H28N2/c1-21-11-4-6-16-25(21)31(33-30-22(2)12-8-13-23(30)3)29-20-10-19-28(32-29)27-18-9-15-24-14-5-7-17-26(24)27/h4-20,31,33H,1-3H3. The lowest BCUT2D eigenvalue weighted by atomic mass is 9.96. The summed E-state index contributed by atoms with van der Waals surface area (Å²) in [5, 5.41) is 6.29. The van der Waals surface area contributed by atoms with Gasteiger partial charge in [0, 0.05) is 11.3 Å². The quantitative estimate of drug-likeness (QED) is 0.306. The van der Waals surface area contributed by atoms with Gasteiger partial charge in [-0.2, -0.15) is 0 Å². The third-order valence-corrected chi connectivity index (χ3v) is 6.40. The average Bonchev–Trinajstić information content (AvgIpc) is 2.84. The second-order valence-corrected chi connectivity index (χ2v) is 8.68. The van der Waals surface area contributed by atoms with Crippen LogP contribution < -0.4 is 5.32 Å². The van der Waals surface area contributed by atoms with E-state index in [9.17, 15) is 0 Å². The predicted molar refractivity (Wildman–Crippen MR) is 140 cm³/mol. The molecule has 5 rings (SSSR count). The number of fused-ring (bicyclic) bond motifs is 1. The van der Waals surface area contributed by atoms with Crippen LogP contribution in [0, 0.1) is 20.8 Å². The first-order valence-corrected chi connectivity index (χ1v) is 11.4. The zero-order valence-electron chi connectivity index (χ0n) is 19.3. The van der Waals surface area contributed by atoms with E-state index in [1.165, 1.54) is 38.7 Å². The van der Waals surface area contributed by atoms with Crippen molar-refractivity contribution < 1.29 is 0 Å². The summed E-state index contributed by atoms with van der Waals surface area (Å²) in [6.07, 6.45) is 0. The highest BCUT2D eigenvalue weighted by Crippen LogP contribution is 2.33. The Morgan fingerprint density at radius 3 is 2.06 bits per heavy atom. The van der Waals surface area contributed by atoms with Crippen LogP contribution in [0.25, 0.3) is 22.0 Å². The number of hydrogen-bond donors (Lipinski definition) is 1. The molecule has 5 aromatic rings. The Hall–Kier alpha value is -3.91. The first-order chi connectivity index (χ1) is 16.1. The lowest BCUT2D eigenvalue weighted by Gasteiger charge is -2.24. The minimum absolute atomic E-state index is 0.0547. The maximum Gasteiger partial charge on any atom is 0.0943 e. The van der Waals surface area contributed by atoms with Crippen molar-refractivity contribution in [2.75, 3.05) is 5.32 Å². The Morgan fingerprint density at radius 1 is 0.606 bits per heavy atom. The van der Waals surface area contributed by atoms with E-state index in [1.54, 1.807) is 0 Å². The topological polar surface area (TPSA) is 24.9 Å². The van der Waals surface area contributed by atoms with Gasteiger partial charge in [-0.1, -0.05) is 91.0 Å². The second-order valence-electron chi connectivity index (χ2n) is 8.68. The minimum atomic E-state index is -0.0547. The van der Waals surface area contributed by atoms with Crippen molar-refractivity contribution in [1.29, 1.82) is 0 Å². The summed E-state index contributed by atoms with van der Waals surface area (Å²) >= 11 is 0. The van der Waals surface area contributed by atoms with Gasteiger partial charge >= 0.3 is 0 Å². The number of benzene rings is 4. The minimum Gasteiger partial charge on any atom is -0.372 e. The molecule has 2 heteroatoms. The van der Waals surface area contributed by atoms with E-state index in [2.05, 4.69) is 129 Å². The van der Waals surface area contributed by atoms with Gasteiger partial charge in [0.25, 0.3) is 0 Å². The second kappa shape index (κ2) is 8.91. The van der Waals surface area contributed by atoms with Gasteiger partial charge in [0.15, 0.2) is 0 Å². The zero-order chi connectivity index (χ0) is 22.8. The number of rotatable bonds is 5. The Bertz CT molecular complexity index is 1410. The summed E-state index contributed by atoms with van der Waals surface area (Å²) in [4.78, 5) is 5.20. The van der Waals surface area contributed by atoms with Crippen LogP contribution in [0.2, 0.25) is 0 Å². The molecule has 2 nitrogen and oxygen atoms in total. The Kier molecular flexibility index (Phi) is 5.66. The Labute approximate surface area is 196 Å². The highest BCUT2D eigenvalue weighted by Gasteiger charge is 2.20. The first kappa shape index (κ1) is 21.0. The number of pyridine rings is 1. The molecule has 0 spiro atoms. The molecule has 0 amide bonds. The monoisotopic (exact) mass is 428 g/mol. The van der Waals surface area contributed by atoms with E-state index < -0.39 is 0 Å². The van der Waals surface area contributed by atoms with Gasteiger partial charge in [0.2, 0.25) is 0 Å². The fourth-order valence-corrected chi connectivity index (χ4v) is 4.62. The van der Waals surface area contributed by atoms with Crippen molar-refractivity contribution in [2.24, 2.45) is 0 Å². The van der Waals surface area contributed by atoms with Crippen LogP contribution in [0.3, 0.4) is 0 Å². The van der Waals surface area contributed by atoms with Crippen molar-refractivity contribution in [1.82, 2.24) is 4.98 Å². The number of hydrogen-bond acceptors (Lipinski definition) is 2. The molecular weight excluding hydrogens is 400 g/mol. The molecule has 33 heavy (non-hydrogen) atoms. The lowest BCUT2D eigenvalue weighted by Crippen LogP contribution is -2.16. The molecule has 0 fully saturated rings. The molecule has 0 bridgehead atoms. The zero-order valence-corrected chi connectivity index (χ0v) is 19.3. The van der Waals surface area contributed by atoms with Gasteiger partial charge in [-0.3, -0.25) is 4.98 Å². The summed E-state index contributed by atoms with van der Waals surface area (Å²) < 4.78 is 0. The molecule has 1 aromatic heterocycles. The lowest BCUT2D eigenvalue weighted by molar-refractivity contribution is 0.876. The van der Waals surface area contributed by atoms with E-state index in [-0.39, 0.29) is 6.04 Å². The average molecular weight is 429 g/mol. The van der Waals surface area contributed by atoms with Crippen LogP contribution in [0.15, 0.2) is 103 Å². The van der Waals surface area contributed by atoms with E-state index in [0.717, 1.165) is 17.0 Å². The molecule has 0 aliphatic rings. The summed E-state index contributed by atoms with van der Waals surface area (Å²) in [6, 6.07) is 36.2. The number of aryl methyl sites for hydroxylation is 3. The highest BCUT2D eigenvalue weighted by atomic mass is 15.0. The van der Waals surface area contributed by atoms with Gasteiger partial charge in [0.05, 0.1) is 17.4 Å². The van der Waals surface area contributed by atoms with Gasteiger partial charge in [0.1, 0.15) is 0 Å². The summed E-state index contributed by atoms with van der Waals surface area (Å²) in [5.74, 6) is 0. The molecule has 0 aliphatic heterocycles. The molecule has 0 radical (unpaired) electrons. The van der Waals surface area contributed by atoms with E-state index in [4.69, 9.17) is 4.98 Å². The van der Waals surface area contributed by atoms with Crippen molar-refractivity contribution >= 4 is 16.5 Å². The maximum atomic E-state index is 5.20. The van der Waals surface area contributed by atoms with Gasteiger partial charge in [-0.25, -0.2) is 0 Å². The fourth-order valence-electron chi connectivity index (χ4n) is 4.62. The van der Waals surface area contributed by atoms with Crippen LogP contribution in [0.5, 0.6) is 0 Å². The third-order valence-electron chi connectivity index (χ3n) is 6.40. The molecule has 1 unspecified atom stereocenters. The van der Waals surface area contributed by atoms with Crippen molar-refractivity contribution in [2.45, 2.75) is 26.8 Å². The number of anilines is 1. The van der Waals surface area contributed by atoms with Crippen LogP contribution >= 0.6 is 0 Å². The van der Waals surface area contributed by atoms with Crippen LogP contribution in [0.4, 0.5) is 5.69 Å². The highest BCUT2D eigenvalue weighted by molar-refractivity contribution is 5.95. The van der Waals surface area contributed by atoms with Crippen LogP contribution in [0.1, 0.15) is 34.0 Å². The van der Waals surface area contributed by atoms with Gasteiger partial charge in [-0.05, 0) is 65.9 Å². The molecule has 0 saturated heterocycles. The van der Waals surface area contributed by atoms with Crippen LogP contribution in [-0.2, 0) is 0 Å². The molecule has 162 valence electrons. The van der Waals surface area contributed by atoms with Crippen molar-refractivity contribution in [3.63, 3.8) is 0 Å². The number of nitrogens with one attached hydrogen (secondary N) is 1. The van der Waals surface area contributed by atoms with Gasteiger partial charge in [-0.15, -0.1) is 0 Å². The fraction of sp³-hybridized carbons (Fsp3) is 0.129. The van der Waals surface area contributed by atoms with E-state index >= 15 is 0 Å². The van der Waals surface area contributed by atoms with Crippen molar-refractivity contribution in [3.05, 3.63) is 131 Å². The molecule has 1 heterocycles. The molecule has 4 aromatic carbocycles. The molecule has 1 N–H and O–H groups in total. The number of para-hydroxylation sites is 1. The van der Waals surface area contributed by atoms with Crippen molar-refractivity contribution in [3.8, 4) is 11.3 Å². The smallest absolute Gasteiger partial charge is 0.0943 e. The molecule has 1 atom stereocenters. The molecule has 0 saturated carbocycles. The predicted octanol–water partition coefficient (Wildman–Crippen LogP) is 8.03. The van der Waals surface area contributed by atoms with Crippen LogP contribution in [-0.4, -0.2) is 4.98 Å². The molecule has 0 aliphatic carbocycles. The summed E-state index contributed by atoms with van der Waals surface area (Å²) in [6.45, 7) is 6.48. The summed E-state index contributed by atoms with van der Waals surface area (Å²) in [7, 11) is 0. The largest absolute Gasteiger partial charge is 0.372 e.